The monoisotopic (exact) mass is 257 g/mol. The van der Waals surface area contributed by atoms with Gasteiger partial charge in [0.15, 0.2) is 0 Å². The van der Waals surface area contributed by atoms with Gasteiger partial charge in [-0.15, -0.1) is 0 Å². The predicted octanol–water partition coefficient (Wildman–Crippen LogP) is -0.901. The first kappa shape index (κ1) is 14.2. The van der Waals surface area contributed by atoms with Gasteiger partial charge in [0.1, 0.15) is 0 Å². The fourth-order valence-corrected chi connectivity index (χ4v) is 3.16. The van der Waals surface area contributed by atoms with Gasteiger partial charge in [-0.1, -0.05) is 0 Å². The number of β-amino-alcohol motifs (C(OH)–C–C–N with tert-alkyl or cyclic N) is 1. The third-order valence-electron chi connectivity index (χ3n) is 4.34. The van der Waals surface area contributed by atoms with Gasteiger partial charge in [-0.2, -0.15) is 0 Å². The molecule has 2 saturated heterocycles. The van der Waals surface area contributed by atoms with Crippen molar-refractivity contribution >= 4 is 0 Å². The number of hydrogen-bond acceptors (Lipinski definition) is 5. The quantitative estimate of drug-likeness (QED) is 0.612. The number of aliphatic hydroxyl groups is 2. The minimum absolute atomic E-state index is 0.223. The van der Waals surface area contributed by atoms with Gasteiger partial charge in [-0.25, -0.2) is 0 Å². The molecule has 0 aromatic rings. The largest absolute Gasteiger partial charge is 0.395 e. The van der Waals surface area contributed by atoms with Crippen LogP contribution in [0.1, 0.15) is 19.8 Å². The van der Waals surface area contributed by atoms with Crippen molar-refractivity contribution in [3.8, 4) is 0 Å². The van der Waals surface area contributed by atoms with E-state index in [-0.39, 0.29) is 12.6 Å². The van der Waals surface area contributed by atoms with E-state index < -0.39 is 5.60 Å². The van der Waals surface area contributed by atoms with Gasteiger partial charge in [-0.3, -0.25) is 9.80 Å². The van der Waals surface area contributed by atoms with Gasteiger partial charge >= 0.3 is 0 Å². The second kappa shape index (κ2) is 6.30. The molecule has 2 atom stereocenters. The van der Waals surface area contributed by atoms with Crippen molar-refractivity contribution in [3.05, 3.63) is 0 Å². The molecule has 0 radical (unpaired) electrons. The summed E-state index contributed by atoms with van der Waals surface area (Å²) < 4.78 is 0. The number of aliphatic hydroxyl groups excluding tert-OH is 1. The highest BCUT2D eigenvalue weighted by atomic mass is 16.3. The van der Waals surface area contributed by atoms with Crippen molar-refractivity contribution in [2.45, 2.75) is 31.4 Å². The molecule has 2 fully saturated rings. The van der Waals surface area contributed by atoms with Crippen LogP contribution in [0.3, 0.4) is 0 Å². The second-order valence-corrected chi connectivity index (χ2v) is 5.78. The summed E-state index contributed by atoms with van der Waals surface area (Å²) >= 11 is 0. The number of rotatable bonds is 3. The minimum atomic E-state index is -0.572. The fraction of sp³-hybridized carbons (Fsp3) is 1.00. The molecule has 2 aliphatic heterocycles. The van der Waals surface area contributed by atoms with Crippen LogP contribution >= 0.6 is 0 Å². The van der Waals surface area contributed by atoms with E-state index in [0.717, 1.165) is 58.7 Å². The lowest BCUT2D eigenvalue weighted by molar-refractivity contribution is -0.0516. The van der Waals surface area contributed by atoms with E-state index >= 15 is 0 Å². The van der Waals surface area contributed by atoms with Crippen LogP contribution in [0.2, 0.25) is 0 Å². The molecule has 0 spiro atoms. The van der Waals surface area contributed by atoms with E-state index in [2.05, 4.69) is 15.1 Å². The lowest BCUT2D eigenvalue weighted by Gasteiger charge is -2.44. The molecule has 2 aliphatic rings. The number of hydrogen-bond donors (Lipinski definition) is 3. The van der Waals surface area contributed by atoms with Crippen LogP contribution in [0, 0.1) is 0 Å². The van der Waals surface area contributed by atoms with E-state index in [1.165, 1.54) is 0 Å². The Hall–Kier alpha value is -0.200. The summed E-state index contributed by atoms with van der Waals surface area (Å²) in [6.45, 7) is 8.85. The Morgan fingerprint density at radius 1 is 1.28 bits per heavy atom. The number of nitrogens with zero attached hydrogens (tertiary/aromatic N) is 2. The minimum Gasteiger partial charge on any atom is -0.395 e. The summed E-state index contributed by atoms with van der Waals surface area (Å²) in [6, 6.07) is 0.223. The molecule has 2 heterocycles. The second-order valence-electron chi connectivity index (χ2n) is 5.78. The van der Waals surface area contributed by atoms with Crippen molar-refractivity contribution in [1.82, 2.24) is 15.1 Å². The summed E-state index contributed by atoms with van der Waals surface area (Å²) in [5.41, 5.74) is -0.572. The van der Waals surface area contributed by atoms with E-state index in [1.54, 1.807) is 0 Å². The molecule has 2 unspecified atom stereocenters. The lowest BCUT2D eigenvalue weighted by atomic mass is 9.88. The Bertz CT molecular complexity index is 261. The summed E-state index contributed by atoms with van der Waals surface area (Å²) in [5, 5.41) is 22.9. The van der Waals surface area contributed by atoms with Crippen molar-refractivity contribution < 1.29 is 10.2 Å². The van der Waals surface area contributed by atoms with Gasteiger partial charge in [0.05, 0.1) is 18.2 Å². The average molecular weight is 257 g/mol. The zero-order valence-corrected chi connectivity index (χ0v) is 11.4. The van der Waals surface area contributed by atoms with Crippen LogP contribution in [0.4, 0.5) is 0 Å². The Kier molecular flexibility index (Phi) is 4.98. The maximum atomic E-state index is 10.5. The van der Waals surface area contributed by atoms with Crippen molar-refractivity contribution in [1.29, 1.82) is 0 Å². The Morgan fingerprint density at radius 3 is 2.83 bits per heavy atom. The molecular formula is C13H27N3O2. The Balaban J connectivity index is 1.92. The summed E-state index contributed by atoms with van der Waals surface area (Å²) in [6.07, 6.45) is 1.95. The zero-order chi connectivity index (χ0) is 13.0. The first-order chi connectivity index (χ1) is 8.63. The molecule has 5 heteroatoms. The van der Waals surface area contributed by atoms with E-state index in [9.17, 15) is 5.11 Å². The van der Waals surface area contributed by atoms with Crippen LogP contribution in [0.5, 0.6) is 0 Å². The smallest absolute Gasteiger partial charge is 0.0798 e. The highest BCUT2D eigenvalue weighted by Crippen LogP contribution is 2.23. The van der Waals surface area contributed by atoms with Gasteiger partial charge in [0.25, 0.3) is 0 Å². The topological polar surface area (TPSA) is 59.0 Å². The molecule has 0 bridgehead atoms. The van der Waals surface area contributed by atoms with Crippen LogP contribution in [-0.2, 0) is 0 Å². The molecular weight excluding hydrogens is 230 g/mol. The molecule has 0 aromatic heterocycles. The molecule has 18 heavy (non-hydrogen) atoms. The third kappa shape index (κ3) is 3.42. The summed E-state index contributed by atoms with van der Waals surface area (Å²) in [4.78, 5) is 4.73. The lowest BCUT2D eigenvalue weighted by Crippen LogP contribution is -2.60. The predicted molar refractivity (Wildman–Crippen MR) is 71.6 cm³/mol. The highest BCUT2D eigenvalue weighted by Gasteiger charge is 2.38. The third-order valence-corrected chi connectivity index (χ3v) is 4.34. The number of piperidine rings is 1. The SMILES string of the molecule is CC1(O)CCNCC1N1CCCN(CCO)CC1. The fourth-order valence-electron chi connectivity index (χ4n) is 3.16. The van der Waals surface area contributed by atoms with Crippen LogP contribution < -0.4 is 5.32 Å². The maximum absolute atomic E-state index is 10.5. The van der Waals surface area contributed by atoms with Crippen LogP contribution in [-0.4, -0.2) is 84.1 Å². The molecule has 0 amide bonds. The average Bonchev–Trinajstić information content (AvgIpc) is 2.55. The first-order valence-electron chi connectivity index (χ1n) is 7.14. The maximum Gasteiger partial charge on any atom is 0.0798 e. The molecule has 2 rings (SSSR count). The van der Waals surface area contributed by atoms with Crippen molar-refractivity contribution in [2.75, 3.05) is 52.4 Å². The molecule has 106 valence electrons. The molecule has 0 aliphatic carbocycles. The van der Waals surface area contributed by atoms with Crippen LogP contribution in [0.25, 0.3) is 0 Å². The first-order valence-corrected chi connectivity index (χ1v) is 7.14. The van der Waals surface area contributed by atoms with Crippen molar-refractivity contribution in [3.63, 3.8) is 0 Å². The highest BCUT2D eigenvalue weighted by molar-refractivity contribution is 4.95. The standard InChI is InChI=1S/C13H27N3O2/c1-13(18)3-4-14-11-12(13)16-6-2-5-15(7-8-16)9-10-17/h12,14,17-18H,2-11H2,1H3. The van der Waals surface area contributed by atoms with E-state index in [0.29, 0.717) is 0 Å². The van der Waals surface area contributed by atoms with Crippen molar-refractivity contribution in [2.24, 2.45) is 0 Å². The Morgan fingerprint density at radius 2 is 2.11 bits per heavy atom. The number of nitrogens with one attached hydrogen (secondary N) is 1. The summed E-state index contributed by atoms with van der Waals surface area (Å²) in [7, 11) is 0. The Labute approximate surface area is 110 Å². The molecule has 0 saturated carbocycles. The molecule has 5 nitrogen and oxygen atoms in total. The van der Waals surface area contributed by atoms with Gasteiger partial charge in [-0.05, 0) is 39.4 Å². The van der Waals surface area contributed by atoms with Crippen LogP contribution in [0.15, 0.2) is 0 Å². The van der Waals surface area contributed by atoms with Gasteiger partial charge in [0.2, 0.25) is 0 Å². The molecule has 3 N–H and O–H groups in total. The van der Waals surface area contributed by atoms with Gasteiger partial charge in [0, 0.05) is 26.2 Å². The zero-order valence-electron chi connectivity index (χ0n) is 11.4. The summed E-state index contributed by atoms with van der Waals surface area (Å²) in [5.74, 6) is 0. The van der Waals surface area contributed by atoms with E-state index in [1.807, 2.05) is 6.92 Å². The normalized spacial score (nSPS) is 36.5. The van der Waals surface area contributed by atoms with Gasteiger partial charge < -0.3 is 15.5 Å². The van der Waals surface area contributed by atoms with E-state index in [4.69, 9.17) is 5.11 Å². The molecule has 0 aromatic carbocycles.